The lowest BCUT2D eigenvalue weighted by Crippen LogP contribution is -1.83. The number of nitrogens with zero attached hydrogens (tertiary/aromatic N) is 2. The molecule has 0 aliphatic rings. The molecule has 2 N–H and O–H groups in total. The topological polar surface area (TPSA) is 51.8 Å². The van der Waals surface area contributed by atoms with Gasteiger partial charge in [0.1, 0.15) is 5.51 Å². The van der Waals surface area contributed by atoms with Crippen molar-refractivity contribution in [3.05, 3.63) is 5.51 Å². The quantitative estimate of drug-likeness (QED) is 0.568. The standard InChI is InChI=1S/C2H3N3S.ClH/c3-2-4-1-6-5-2;/h1H,(H2,3,5);1H. The van der Waals surface area contributed by atoms with Gasteiger partial charge < -0.3 is 5.73 Å². The lowest BCUT2D eigenvalue weighted by atomic mass is 11.1. The first-order valence-electron chi connectivity index (χ1n) is 1.41. The summed E-state index contributed by atoms with van der Waals surface area (Å²) in [7, 11) is 0. The Morgan fingerprint density at radius 1 is 1.71 bits per heavy atom. The zero-order valence-electron chi connectivity index (χ0n) is 3.37. The summed E-state index contributed by atoms with van der Waals surface area (Å²) in [6.45, 7) is 0. The Bertz CT molecular complexity index is 116. The van der Waals surface area contributed by atoms with Crippen LogP contribution in [0, 0.1) is 0 Å². The van der Waals surface area contributed by atoms with Gasteiger partial charge in [0.25, 0.3) is 0 Å². The largest absolute Gasteiger partial charge is 0.367 e. The Hall–Kier alpha value is -0.350. The van der Waals surface area contributed by atoms with Crippen LogP contribution in [0.4, 0.5) is 5.95 Å². The van der Waals surface area contributed by atoms with Gasteiger partial charge in [-0.1, -0.05) is 0 Å². The number of hydrogen-bond acceptors (Lipinski definition) is 4. The summed E-state index contributed by atoms with van der Waals surface area (Å²) in [6.07, 6.45) is 0. The van der Waals surface area contributed by atoms with E-state index in [0.717, 1.165) is 0 Å². The zero-order valence-corrected chi connectivity index (χ0v) is 5.00. The minimum Gasteiger partial charge on any atom is -0.367 e. The van der Waals surface area contributed by atoms with Gasteiger partial charge in [-0.05, 0) is 11.5 Å². The molecule has 1 aromatic heterocycles. The van der Waals surface area contributed by atoms with Crippen molar-refractivity contribution in [2.45, 2.75) is 0 Å². The second-order valence-corrected chi connectivity index (χ2v) is 1.39. The average Bonchev–Trinajstić information content (AvgIpc) is 1.86. The monoisotopic (exact) mass is 137 g/mol. The molecule has 40 valence electrons. The summed E-state index contributed by atoms with van der Waals surface area (Å²) >= 11 is 1.25. The molecule has 1 heterocycles. The number of rotatable bonds is 0. The third kappa shape index (κ3) is 1.70. The molecule has 0 atom stereocenters. The van der Waals surface area contributed by atoms with Crippen LogP contribution in [0.3, 0.4) is 0 Å². The van der Waals surface area contributed by atoms with E-state index in [2.05, 4.69) is 9.36 Å². The van der Waals surface area contributed by atoms with Crippen LogP contribution in [-0.2, 0) is 0 Å². The summed E-state index contributed by atoms with van der Waals surface area (Å²) in [5.74, 6) is 0.361. The highest BCUT2D eigenvalue weighted by Gasteiger charge is 1.78. The molecule has 0 bridgehead atoms. The van der Waals surface area contributed by atoms with Crippen molar-refractivity contribution < 1.29 is 0 Å². The lowest BCUT2D eigenvalue weighted by molar-refractivity contribution is 1.34. The van der Waals surface area contributed by atoms with Crippen LogP contribution in [0.5, 0.6) is 0 Å². The van der Waals surface area contributed by atoms with E-state index in [0.29, 0.717) is 5.95 Å². The molecule has 5 heteroatoms. The molecular weight excluding hydrogens is 134 g/mol. The molecule has 0 aromatic carbocycles. The fourth-order valence-electron chi connectivity index (χ4n) is 0.179. The Morgan fingerprint density at radius 2 is 2.43 bits per heavy atom. The number of halogens is 1. The maximum atomic E-state index is 5.07. The predicted molar refractivity (Wildman–Crippen MR) is 31.6 cm³/mol. The normalized spacial score (nSPS) is 7.43. The molecule has 0 aliphatic carbocycles. The smallest absolute Gasteiger partial charge is 0.231 e. The van der Waals surface area contributed by atoms with Crippen molar-refractivity contribution in [2.24, 2.45) is 0 Å². The van der Waals surface area contributed by atoms with Crippen LogP contribution in [-0.4, -0.2) is 9.36 Å². The fraction of sp³-hybridized carbons (Fsp3) is 0. The van der Waals surface area contributed by atoms with Crippen LogP contribution < -0.4 is 5.73 Å². The number of aromatic nitrogens is 2. The van der Waals surface area contributed by atoms with Gasteiger partial charge in [0, 0.05) is 0 Å². The minimum absolute atomic E-state index is 0. The molecule has 0 unspecified atom stereocenters. The van der Waals surface area contributed by atoms with E-state index in [1.807, 2.05) is 0 Å². The molecule has 3 nitrogen and oxygen atoms in total. The molecule has 0 saturated carbocycles. The SMILES string of the molecule is Cl.Nc1ncsn1. The van der Waals surface area contributed by atoms with Crippen molar-refractivity contribution in [1.29, 1.82) is 0 Å². The number of nitrogen functional groups attached to an aromatic ring is 1. The average molecular weight is 138 g/mol. The van der Waals surface area contributed by atoms with Gasteiger partial charge in [-0.3, -0.25) is 0 Å². The summed E-state index contributed by atoms with van der Waals surface area (Å²) in [6, 6.07) is 0. The first-order chi connectivity index (χ1) is 2.89. The second-order valence-electron chi connectivity index (χ2n) is 0.789. The van der Waals surface area contributed by atoms with E-state index in [9.17, 15) is 0 Å². The summed E-state index contributed by atoms with van der Waals surface area (Å²) in [4.78, 5) is 3.60. The highest BCUT2D eigenvalue weighted by molar-refractivity contribution is 7.03. The first kappa shape index (κ1) is 6.65. The lowest BCUT2D eigenvalue weighted by Gasteiger charge is -1.65. The fourth-order valence-corrected chi connectivity index (χ4v) is 0.536. The molecular formula is C2H4ClN3S. The first-order valence-corrected chi connectivity index (χ1v) is 2.25. The molecule has 0 saturated heterocycles. The van der Waals surface area contributed by atoms with Crippen molar-refractivity contribution in [2.75, 3.05) is 5.73 Å². The van der Waals surface area contributed by atoms with Crippen molar-refractivity contribution in [3.63, 3.8) is 0 Å². The Balaban J connectivity index is 0.000000360. The van der Waals surface area contributed by atoms with E-state index < -0.39 is 0 Å². The Kier molecular flexibility index (Phi) is 2.62. The van der Waals surface area contributed by atoms with E-state index in [4.69, 9.17) is 5.73 Å². The Morgan fingerprint density at radius 3 is 2.57 bits per heavy atom. The van der Waals surface area contributed by atoms with E-state index in [1.54, 1.807) is 5.51 Å². The maximum Gasteiger partial charge on any atom is 0.231 e. The summed E-state index contributed by atoms with van der Waals surface area (Å²) in [5.41, 5.74) is 6.66. The van der Waals surface area contributed by atoms with Crippen molar-refractivity contribution >= 4 is 29.9 Å². The summed E-state index contributed by atoms with van der Waals surface area (Å²) in [5, 5.41) is 0. The van der Waals surface area contributed by atoms with E-state index >= 15 is 0 Å². The van der Waals surface area contributed by atoms with Crippen LogP contribution in [0.25, 0.3) is 0 Å². The van der Waals surface area contributed by atoms with Crippen LogP contribution >= 0.6 is 23.9 Å². The van der Waals surface area contributed by atoms with Crippen LogP contribution in [0.1, 0.15) is 0 Å². The molecule has 1 aromatic rings. The number of nitrogens with two attached hydrogens (primary N) is 1. The van der Waals surface area contributed by atoms with Gasteiger partial charge in [0.05, 0.1) is 0 Å². The number of hydrogen-bond donors (Lipinski definition) is 1. The molecule has 0 spiro atoms. The molecule has 7 heavy (non-hydrogen) atoms. The molecule has 0 radical (unpaired) electrons. The number of anilines is 1. The third-order valence-electron chi connectivity index (χ3n) is 0.378. The highest BCUT2D eigenvalue weighted by Crippen LogP contribution is 1.90. The minimum atomic E-state index is 0. The maximum absolute atomic E-state index is 5.07. The second kappa shape index (κ2) is 2.76. The summed E-state index contributed by atoms with van der Waals surface area (Å²) < 4.78 is 3.62. The molecule has 1 rings (SSSR count). The molecule has 0 amide bonds. The van der Waals surface area contributed by atoms with Gasteiger partial charge >= 0.3 is 0 Å². The van der Waals surface area contributed by atoms with Gasteiger partial charge in [-0.15, -0.1) is 12.4 Å². The van der Waals surface area contributed by atoms with Crippen LogP contribution in [0.15, 0.2) is 5.51 Å². The highest BCUT2D eigenvalue weighted by atomic mass is 35.5. The van der Waals surface area contributed by atoms with Gasteiger partial charge in [-0.25, -0.2) is 4.98 Å². The predicted octanol–water partition coefficient (Wildman–Crippen LogP) is 0.542. The molecule has 0 aliphatic heterocycles. The van der Waals surface area contributed by atoms with E-state index in [1.165, 1.54) is 11.5 Å². The van der Waals surface area contributed by atoms with E-state index in [-0.39, 0.29) is 12.4 Å². The van der Waals surface area contributed by atoms with Gasteiger partial charge in [0.2, 0.25) is 5.95 Å². The van der Waals surface area contributed by atoms with Crippen molar-refractivity contribution in [3.8, 4) is 0 Å². The zero-order chi connectivity index (χ0) is 4.41. The third-order valence-corrected chi connectivity index (χ3v) is 0.871. The Labute approximate surface area is 51.1 Å². The van der Waals surface area contributed by atoms with Crippen LogP contribution in [0.2, 0.25) is 0 Å². The van der Waals surface area contributed by atoms with Gasteiger partial charge in [-0.2, -0.15) is 4.37 Å². The van der Waals surface area contributed by atoms with Crippen molar-refractivity contribution in [1.82, 2.24) is 9.36 Å². The van der Waals surface area contributed by atoms with Gasteiger partial charge in [0.15, 0.2) is 0 Å². The molecule has 0 fully saturated rings.